The largest absolute Gasteiger partial charge is 0.493 e. The normalized spacial score (nSPS) is 18.2. The van der Waals surface area contributed by atoms with Crippen LogP contribution in [0.2, 0.25) is 0 Å². The van der Waals surface area contributed by atoms with Gasteiger partial charge in [0.25, 0.3) is 0 Å². The number of benzene rings is 2. The van der Waals surface area contributed by atoms with Gasteiger partial charge >= 0.3 is 0 Å². The Morgan fingerprint density at radius 3 is 2.48 bits per heavy atom. The highest BCUT2D eigenvalue weighted by Crippen LogP contribution is 2.45. The van der Waals surface area contributed by atoms with Gasteiger partial charge in [0.2, 0.25) is 0 Å². The summed E-state index contributed by atoms with van der Waals surface area (Å²) in [6.07, 6.45) is 7.55. The first-order chi connectivity index (χ1) is 13.2. The molecular formula is C24H25NO2. The Morgan fingerprint density at radius 1 is 1.00 bits per heavy atom. The molecule has 2 aromatic carbocycles. The summed E-state index contributed by atoms with van der Waals surface area (Å²) in [4.78, 5) is 0. The van der Waals surface area contributed by atoms with Gasteiger partial charge in [0.15, 0.2) is 11.5 Å². The summed E-state index contributed by atoms with van der Waals surface area (Å²) in [6.45, 7) is 3.17. The van der Waals surface area contributed by atoms with E-state index in [4.69, 9.17) is 9.47 Å². The average Bonchev–Trinajstić information content (AvgIpc) is 3.17. The summed E-state index contributed by atoms with van der Waals surface area (Å²) >= 11 is 0. The van der Waals surface area contributed by atoms with Crippen molar-refractivity contribution in [1.29, 1.82) is 0 Å². The van der Waals surface area contributed by atoms with Gasteiger partial charge in [0, 0.05) is 23.9 Å². The predicted octanol–water partition coefficient (Wildman–Crippen LogP) is 5.28. The molecule has 3 heteroatoms. The lowest BCUT2D eigenvalue weighted by Gasteiger charge is -2.37. The Labute approximate surface area is 160 Å². The Hall–Kier alpha value is -2.94. The van der Waals surface area contributed by atoms with E-state index >= 15 is 0 Å². The van der Waals surface area contributed by atoms with Crippen LogP contribution in [0.5, 0.6) is 11.5 Å². The van der Waals surface area contributed by atoms with Crippen LogP contribution < -0.4 is 9.47 Å². The van der Waals surface area contributed by atoms with Crippen molar-refractivity contribution >= 4 is 6.08 Å². The molecule has 0 spiro atoms. The molecule has 27 heavy (non-hydrogen) atoms. The first kappa shape index (κ1) is 17.5. The number of ether oxygens (including phenoxy) is 2. The van der Waals surface area contributed by atoms with Crippen LogP contribution in [0.25, 0.3) is 6.08 Å². The summed E-state index contributed by atoms with van der Waals surface area (Å²) in [5, 5.41) is 0. The van der Waals surface area contributed by atoms with E-state index in [1.807, 2.05) is 6.07 Å². The minimum atomic E-state index is -0.123. The molecule has 3 nitrogen and oxygen atoms in total. The second-order valence-corrected chi connectivity index (χ2v) is 7.23. The highest BCUT2D eigenvalue weighted by atomic mass is 16.5. The molecule has 1 aromatic heterocycles. The number of hydrogen-bond donors (Lipinski definition) is 0. The van der Waals surface area contributed by atoms with Crippen molar-refractivity contribution in [3.8, 4) is 11.5 Å². The van der Waals surface area contributed by atoms with Gasteiger partial charge < -0.3 is 14.0 Å². The highest BCUT2D eigenvalue weighted by molar-refractivity contribution is 5.56. The molecule has 0 saturated carbocycles. The molecular weight excluding hydrogens is 334 g/mol. The lowest BCUT2D eigenvalue weighted by Crippen LogP contribution is -2.32. The fourth-order valence-corrected chi connectivity index (χ4v) is 4.15. The molecule has 0 radical (unpaired) electrons. The Bertz CT molecular complexity index is 971. The predicted molar refractivity (Wildman–Crippen MR) is 110 cm³/mol. The van der Waals surface area contributed by atoms with E-state index in [1.165, 1.54) is 22.4 Å². The molecule has 1 aliphatic heterocycles. The molecule has 0 saturated heterocycles. The van der Waals surface area contributed by atoms with Crippen molar-refractivity contribution in [2.45, 2.75) is 25.3 Å². The second-order valence-electron chi connectivity index (χ2n) is 7.23. The highest BCUT2D eigenvalue weighted by Gasteiger charge is 2.36. The maximum atomic E-state index is 5.59. The summed E-state index contributed by atoms with van der Waals surface area (Å²) in [5.74, 6) is 1.57. The second kappa shape index (κ2) is 6.99. The summed E-state index contributed by atoms with van der Waals surface area (Å²) in [5.41, 5.74) is 5.03. The van der Waals surface area contributed by atoms with Gasteiger partial charge in [-0.3, -0.25) is 0 Å². The number of aromatic nitrogens is 1. The van der Waals surface area contributed by atoms with Crippen LogP contribution in [0, 0.1) is 0 Å². The number of rotatable bonds is 5. The fraction of sp³-hybridized carbons (Fsp3) is 0.250. The molecule has 1 aliphatic rings. The van der Waals surface area contributed by atoms with Crippen molar-refractivity contribution in [2.24, 2.45) is 0 Å². The molecule has 4 rings (SSSR count). The molecule has 1 unspecified atom stereocenters. The minimum absolute atomic E-state index is 0.123. The van der Waals surface area contributed by atoms with E-state index in [0.717, 1.165) is 24.5 Å². The van der Waals surface area contributed by atoms with Crippen LogP contribution in [-0.2, 0) is 12.0 Å². The van der Waals surface area contributed by atoms with Crippen LogP contribution in [0.1, 0.15) is 35.7 Å². The van der Waals surface area contributed by atoms with Crippen LogP contribution >= 0.6 is 0 Å². The lowest BCUT2D eigenvalue weighted by atomic mass is 9.72. The average molecular weight is 359 g/mol. The smallest absolute Gasteiger partial charge is 0.161 e. The number of hydrogen-bond acceptors (Lipinski definition) is 2. The topological polar surface area (TPSA) is 23.4 Å². The molecule has 1 atom stereocenters. The molecule has 3 aromatic rings. The van der Waals surface area contributed by atoms with Crippen molar-refractivity contribution < 1.29 is 9.47 Å². The number of allylic oxidation sites excluding steroid dienone is 1. The number of nitrogens with zero attached hydrogens (tertiary/aromatic N) is 1. The standard InChI is InChI=1S/C24H25NO2/c1-24(13-7-11-18-9-5-4-6-10-18)20-16-22(27-3)21(26-2)15-19(20)17-25-14-8-12-23(24)25/h4-12,14-16H,13,17H2,1-3H3/b11-7+. The van der Waals surface area contributed by atoms with E-state index in [9.17, 15) is 0 Å². The van der Waals surface area contributed by atoms with Crippen LogP contribution in [0.3, 0.4) is 0 Å². The first-order valence-electron chi connectivity index (χ1n) is 9.28. The van der Waals surface area contributed by atoms with Crippen molar-refractivity contribution in [3.63, 3.8) is 0 Å². The number of fused-ring (bicyclic) bond motifs is 2. The van der Waals surface area contributed by atoms with Crippen molar-refractivity contribution in [2.75, 3.05) is 14.2 Å². The molecule has 0 N–H and O–H groups in total. The molecule has 0 bridgehead atoms. The van der Waals surface area contributed by atoms with Gasteiger partial charge in [-0.15, -0.1) is 0 Å². The summed E-state index contributed by atoms with van der Waals surface area (Å²) in [7, 11) is 3.39. The Morgan fingerprint density at radius 2 is 1.74 bits per heavy atom. The van der Waals surface area contributed by atoms with E-state index in [2.05, 4.69) is 78.4 Å². The summed E-state index contributed by atoms with van der Waals surface area (Å²) in [6, 6.07) is 19.1. The van der Waals surface area contributed by atoms with Crippen molar-refractivity contribution in [1.82, 2.24) is 4.57 Å². The third-order valence-electron chi connectivity index (χ3n) is 5.58. The van der Waals surface area contributed by atoms with Gasteiger partial charge in [-0.2, -0.15) is 0 Å². The molecule has 0 fully saturated rings. The molecule has 2 heterocycles. The molecule has 0 amide bonds. The minimum Gasteiger partial charge on any atom is -0.493 e. The Kier molecular flexibility index (Phi) is 4.53. The first-order valence-corrected chi connectivity index (χ1v) is 9.28. The quantitative estimate of drug-likeness (QED) is 0.619. The zero-order chi connectivity index (χ0) is 18.9. The van der Waals surface area contributed by atoms with E-state index < -0.39 is 0 Å². The zero-order valence-corrected chi connectivity index (χ0v) is 16.1. The SMILES string of the molecule is COc1cc2c(cc1OC)C(C)(C/C=C/c1ccccc1)c1cccn1C2. The van der Waals surface area contributed by atoms with Crippen LogP contribution in [-0.4, -0.2) is 18.8 Å². The summed E-state index contributed by atoms with van der Waals surface area (Å²) < 4.78 is 13.5. The number of methoxy groups -OCH3 is 2. The molecule has 0 aliphatic carbocycles. The molecule has 138 valence electrons. The van der Waals surface area contributed by atoms with Crippen molar-refractivity contribution in [3.05, 3.63) is 89.3 Å². The maximum Gasteiger partial charge on any atom is 0.161 e. The van der Waals surface area contributed by atoms with E-state index in [-0.39, 0.29) is 5.41 Å². The van der Waals surface area contributed by atoms with Gasteiger partial charge in [0.1, 0.15) is 0 Å². The third-order valence-corrected chi connectivity index (χ3v) is 5.58. The third kappa shape index (κ3) is 3.03. The maximum absolute atomic E-state index is 5.59. The van der Waals surface area contributed by atoms with Gasteiger partial charge in [-0.25, -0.2) is 0 Å². The van der Waals surface area contributed by atoms with Gasteiger partial charge in [-0.1, -0.05) is 42.5 Å². The van der Waals surface area contributed by atoms with Crippen LogP contribution in [0.15, 0.2) is 66.9 Å². The Balaban J connectivity index is 1.77. The van der Waals surface area contributed by atoms with Gasteiger partial charge in [0.05, 0.1) is 14.2 Å². The lowest BCUT2D eigenvalue weighted by molar-refractivity contribution is 0.351. The van der Waals surface area contributed by atoms with Crippen LogP contribution in [0.4, 0.5) is 0 Å². The van der Waals surface area contributed by atoms with E-state index in [0.29, 0.717) is 0 Å². The zero-order valence-electron chi connectivity index (χ0n) is 16.1. The van der Waals surface area contributed by atoms with Gasteiger partial charge in [-0.05, 0) is 54.3 Å². The monoisotopic (exact) mass is 359 g/mol. The van der Waals surface area contributed by atoms with E-state index in [1.54, 1.807) is 14.2 Å². The fourth-order valence-electron chi connectivity index (χ4n) is 4.15.